The largest absolute Gasteiger partial charge is 0.497 e. The molecular weight excluding hydrogens is 334 g/mol. The first kappa shape index (κ1) is 17.5. The van der Waals surface area contributed by atoms with E-state index in [1.165, 1.54) is 17.7 Å². The maximum atomic E-state index is 12.7. The molecule has 0 aliphatic rings. The van der Waals surface area contributed by atoms with Gasteiger partial charge in [-0.05, 0) is 29.8 Å². The second-order valence-corrected chi connectivity index (χ2v) is 5.66. The smallest absolute Gasteiger partial charge is 0.260 e. The fraction of sp³-hybridized carbons (Fsp3) is 0.211. The summed E-state index contributed by atoms with van der Waals surface area (Å²) in [6.45, 7) is 0.0653. The maximum absolute atomic E-state index is 12.7. The Bertz CT molecular complexity index is 1050. The molecule has 2 heterocycles. The standard InChI is InChI=1S/C19H17N3O4/c1-25-14-5-3-4-12(8-14)17(23)11-22-7-6-16-15(19(22)24)9-13(10-20)18(21-16)26-2/h3-9,17,23H,11H2,1-2H3. The Balaban J connectivity index is 1.99. The molecule has 0 aliphatic carbocycles. The average molecular weight is 351 g/mol. The minimum atomic E-state index is -0.887. The SMILES string of the molecule is COc1cccc(C(O)Cn2ccc3nc(OC)c(C#N)cc3c2=O)c1. The first-order valence-electron chi connectivity index (χ1n) is 7.87. The maximum Gasteiger partial charge on any atom is 0.260 e. The molecule has 3 rings (SSSR count). The van der Waals surface area contributed by atoms with E-state index in [0.717, 1.165) is 0 Å². The fourth-order valence-corrected chi connectivity index (χ4v) is 2.71. The van der Waals surface area contributed by atoms with Crippen molar-refractivity contribution in [2.45, 2.75) is 12.6 Å². The van der Waals surface area contributed by atoms with E-state index < -0.39 is 6.10 Å². The topological polar surface area (TPSA) is 97.4 Å². The predicted molar refractivity (Wildman–Crippen MR) is 95.2 cm³/mol. The molecule has 1 aromatic carbocycles. The molecule has 0 spiro atoms. The van der Waals surface area contributed by atoms with E-state index in [9.17, 15) is 15.2 Å². The molecule has 0 saturated heterocycles. The first-order valence-corrected chi connectivity index (χ1v) is 7.87. The van der Waals surface area contributed by atoms with E-state index in [-0.39, 0.29) is 23.5 Å². The molecule has 132 valence electrons. The van der Waals surface area contributed by atoms with E-state index in [0.29, 0.717) is 22.2 Å². The van der Waals surface area contributed by atoms with Gasteiger partial charge in [-0.1, -0.05) is 12.1 Å². The van der Waals surface area contributed by atoms with Crippen LogP contribution in [-0.2, 0) is 6.54 Å². The van der Waals surface area contributed by atoms with Crippen LogP contribution in [0.3, 0.4) is 0 Å². The number of ether oxygens (including phenoxy) is 2. The summed E-state index contributed by atoms with van der Waals surface area (Å²) in [5.41, 5.74) is 0.916. The van der Waals surface area contributed by atoms with Crippen molar-refractivity contribution in [2.24, 2.45) is 0 Å². The summed E-state index contributed by atoms with van der Waals surface area (Å²) >= 11 is 0. The summed E-state index contributed by atoms with van der Waals surface area (Å²) in [5.74, 6) is 0.802. The van der Waals surface area contributed by atoms with Gasteiger partial charge in [-0.2, -0.15) is 5.26 Å². The zero-order valence-electron chi connectivity index (χ0n) is 14.3. The number of aliphatic hydroxyl groups excluding tert-OH is 1. The van der Waals surface area contributed by atoms with Gasteiger partial charge in [0.05, 0.1) is 37.8 Å². The third-order valence-corrected chi connectivity index (χ3v) is 4.08. The minimum absolute atomic E-state index is 0.0653. The van der Waals surface area contributed by atoms with Crippen molar-refractivity contribution in [1.29, 1.82) is 5.26 Å². The lowest BCUT2D eigenvalue weighted by molar-refractivity contribution is 0.155. The zero-order chi connectivity index (χ0) is 18.7. The Hall–Kier alpha value is -3.37. The lowest BCUT2D eigenvalue weighted by atomic mass is 10.1. The Labute approximate surface area is 149 Å². The number of pyridine rings is 2. The second kappa shape index (κ2) is 7.25. The molecule has 1 N–H and O–H groups in total. The molecule has 0 saturated carbocycles. The number of fused-ring (bicyclic) bond motifs is 1. The van der Waals surface area contributed by atoms with Gasteiger partial charge in [0.2, 0.25) is 5.88 Å². The van der Waals surface area contributed by atoms with E-state index >= 15 is 0 Å². The Kier molecular flexibility index (Phi) is 4.87. The molecule has 0 radical (unpaired) electrons. The number of hydrogen-bond donors (Lipinski definition) is 1. The third-order valence-electron chi connectivity index (χ3n) is 4.08. The van der Waals surface area contributed by atoms with Crippen molar-refractivity contribution in [1.82, 2.24) is 9.55 Å². The number of nitrogens with zero attached hydrogens (tertiary/aromatic N) is 3. The number of rotatable bonds is 5. The monoisotopic (exact) mass is 351 g/mol. The van der Waals surface area contributed by atoms with Gasteiger partial charge in [-0.3, -0.25) is 4.79 Å². The molecule has 1 unspecified atom stereocenters. The molecule has 0 bridgehead atoms. The van der Waals surface area contributed by atoms with Gasteiger partial charge in [0.25, 0.3) is 5.56 Å². The Morgan fingerprint density at radius 3 is 2.77 bits per heavy atom. The van der Waals surface area contributed by atoms with Crippen molar-refractivity contribution in [3.63, 3.8) is 0 Å². The van der Waals surface area contributed by atoms with Crippen LogP contribution in [0.2, 0.25) is 0 Å². The minimum Gasteiger partial charge on any atom is -0.497 e. The van der Waals surface area contributed by atoms with E-state index in [4.69, 9.17) is 9.47 Å². The first-order chi connectivity index (χ1) is 12.6. The zero-order valence-corrected chi connectivity index (χ0v) is 14.3. The number of benzene rings is 1. The van der Waals surface area contributed by atoms with Crippen LogP contribution < -0.4 is 15.0 Å². The van der Waals surface area contributed by atoms with Gasteiger partial charge in [-0.15, -0.1) is 0 Å². The molecule has 2 aromatic heterocycles. The van der Waals surface area contributed by atoms with Gasteiger partial charge in [0, 0.05) is 6.20 Å². The molecule has 1 atom stereocenters. The number of nitriles is 1. The van der Waals surface area contributed by atoms with Gasteiger partial charge < -0.3 is 19.1 Å². The molecule has 7 nitrogen and oxygen atoms in total. The van der Waals surface area contributed by atoms with Crippen LogP contribution in [0.15, 0.2) is 47.4 Å². The molecule has 3 aromatic rings. The van der Waals surface area contributed by atoms with Gasteiger partial charge in [0.1, 0.15) is 17.4 Å². The van der Waals surface area contributed by atoms with Gasteiger partial charge >= 0.3 is 0 Å². The summed E-state index contributed by atoms with van der Waals surface area (Å²) in [6.07, 6.45) is 0.675. The molecular formula is C19H17N3O4. The highest BCUT2D eigenvalue weighted by Crippen LogP contribution is 2.22. The number of aliphatic hydroxyl groups is 1. The summed E-state index contributed by atoms with van der Waals surface area (Å²) in [7, 11) is 2.97. The summed E-state index contributed by atoms with van der Waals surface area (Å²) in [5, 5.41) is 19.9. The number of methoxy groups -OCH3 is 2. The van der Waals surface area contributed by atoms with Crippen LogP contribution >= 0.6 is 0 Å². The van der Waals surface area contributed by atoms with E-state index in [1.54, 1.807) is 43.6 Å². The molecule has 0 aliphatic heterocycles. The van der Waals surface area contributed by atoms with Crippen molar-refractivity contribution >= 4 is 10.9 Å². The highest BCUT2D eigenvalue weighted by atomic mass is 16.5. The van der Waals surface area contributed by atoms with Gasteiger partial charge in [0.15, 0.2) is 0 Å². The predicted octanol–water partition coefficient (Wildman–Crippen LogP) is 2.02. The summed E-state index contributed by atoms with van der Waals surface area (Å²) in [6, 6.07) is 12.1. The Morgan fingerprint density at radius 2 is 2.08 bits per heavy atom. The highest BCUT2D eigenvalue weighted by Gasteiger charge is 2.14. The summed E-state index contributed by atoms with van der Waals surface area (Å²) < 4.78 is 11.6. The molecule has 7 heteroatoms. The van der Waals surface area contributed by atoms with Crippen molar-refractivity contribution in [2.75, 3.05) is 14.2 Å². The molecule has 0 fully saturated rings. The van der Waals surface area contributed by atoms with Gasteiger partial charge in [-0.25, -0.2) is 4.98 Å². The second-order valence-electron chi connectivity index (χ2n) is 5.66. The normalized spacial score (nSPS) is 11.8. The third kappa shape index (κ3) is 3.23. The Morgan fingerprint density at radius 1 is 1.27 bits per heavy atom. The lowest BCUT2D eigenvalue weighted by Gasteiger charge is -2.14. The number of hydrogen-bond acceptors (Lipinski definition) is 6. The highest BCUT2D eigenvalue weighted by molar-refractivity contribution is 5.79. The number of aromatic nitrogens is 2. The van der Waals surface area contributed by atoms with E-state index in [1.807, 2.05) is 6.07 Å². The van der Waals surface area contributed by atoms with Crippen LogP contribution in [0.5, 0.6) is 11.6 Å². The molecule has 0 amide bonds. The lowest BCUT2D eigenvalue weighted by Crippen LogP contribution is -2.23. The average Bonchev–Trinajstić information content (AvgIpc) is 2.69. The summed E-state index contributed by atoms with van der Waals surface area (Å²) in [4.78, 5) is 16.9. The van der Waals surface area contributed by atoms with Crippen molar-refractivity contribution < 1.29 is 14.6 Å². The van der Waals surface area contributed by atoms with Crippen LogP contribution in [0.4, 0.5) is 0 Å². The molecule has 26 heavy (non-hydrogen) atoms. The van der Waals surface area contributed by atoms with Crippen LogP contribution in [0.25, 0.3) is 10.9 Å². The van der Waals surface area contributed by atoms with Crippen molar-refractivity contribution in [3.8, 4) is 17.7 Å². The van der Waals surface area contributed by atoms with Crippen molar-refractivity contribution in [3.05, 3.63) is 64.1 Å². The van der Waals surface area contributed by atoms with E-state index in [2.05, 4.69) is 4.98 Å². The quantitative estimate of drug-likeness (QED) is 0.755. The fourth-order valence-electron chi connectivity index (χ4n) is 2.71. The van der Waals surface area contributed by atoms with Crippen LogP contribution in [-0.4, -0.2) is 28.9 Å². The van der Waals surface area contributed by atoms with Crippen LogP contribution in [0.1, 0.15) is 17.2 Å². The van der Waals surface area contributed by atoms with Crippen LogP contribution in [0, 0.1) is 11.3 Å².